The second kappa shape index (κ2) is 10.3. The fraction of sp³-hybridized carbons (Fsp3) is 0.343. The van der Waals surface area contributed by atoms with Gasteiger partial charge in [0.25, 0.3) is 5.91 Å². The summed E-state index contributed by atoms with van der Waals surface area (Å²) >= 11 is 0. The third-order valence-electron chi connectivity index (χ3n) is 8.27. The molecule has 1 aromatic heterocycles. The summed E-state index contributed by atoms with van der Waals surface area (Å²) in [4.78, 5) is 15.5. The van der Waals surface area contributed by atoms with Crippen molar-refractivity contribution in [3.63, 3.8) is 0 Å². The maximum absolute atomic E-state index is 13.7. The number of furan rings is 1. The van der Waals surface area contributed by atoms with Crippen LogP contribution in [0.15, 0.2) is 89.3 Å². The van der Waals surface area contributed by atoms with E-state index >= 15 is 0 Å². The highest BCUT2D eigenvalue weighted by atomic mass is 16.4. The molecule has 1 heterocycles. The first-order chi connectivity index (χ1) is 18.1. The molecule has 3 aromatic carbocycles. The number of hydrogen-bond acceptors (Lipinski definition) is 2. The quantitative estimate of drug-likeness (QED) is 0.253. The van der Waals surface area contributed by atoms with Crippen LogP contribution in [0.3, 0.4) is 0 Å². The van der Waals surface area contributed by atoms with Crippen molar-refractivity contribution in [3.05, 3.63) is 130 Å². The summed E-state index contributed by atoms with van der Waals surface area (Å²) in [6.07, 6.45) is 3.08. The van der Waals surface area contributed by atoms with Crippen LogP contribution in [-0.4, -0.2) is 10.8 Å². The number of benzene rings is 3. The number of amides is 1. The van der Waals surface area contributed by atoms with Crippen LogP contribution < -0.4 is 0 Å². The third kappa shape index (κ3) is 5.48. The Morgan fingerprint density at radius 2 is 1.29 bits per heavy atom. The lowest BCUT2D eigenvalue weighted by molar-refractivity contribution is 0.0696. The molecule has 0 saturated carbocycles. The fourth-order valence-corrected chi connectivity index (χ4v) is 5.70. The zero-order valence-corrected chi connectivity index (χ0v) is 23.4. The van der Waals surface area contributed by atoms with Crippen molar-refractivity contribution < 1.29 is 9.21 Å². The van der Waals surface area contributed by atoms with E-state index < -0.39 is 0 Å². The Labute approximate surface area is 227 Å². The maximum Gasteiger partial charge on any atom is 0.290 e. The van der Waals surface area contributed by atoms with E-state index in [9.17, 15) is 4.79 Å². The van der Waals surface area contributed by atoms with Gasteiger partial charge in [-0.15, -0.1) is 0 Å². The predicted molar refractivity (Wildman–Crippen MR) is 154 cm³/mol. The lowest BCUT2D eigenvalue weighted by atomic mass is 9.62. The van der Waals surface area contributed by atoms with Crippen molar-refractivity contribution in [1.82, 2.24) is 4.90 Å². The first kappa shape index (κ1) is 26.0. The van der Waals surface area contributed by atoms with Gasteiger partial charge in [-0.05, 0) is 76.1 Å². The molecule has 3 nitrogen and oxygen atoms in total. The zero-order valence-electron chi connectivity index (χ0n) is 23.4. The van der Waals surface area contributed by atoms with Crippen molar-refractivity contribution in [1.29, 1.82) is 0 Å². The summed E-state index contributed by atoms with van der Waals surface area (Å²) in [7, 11) is 0. The minimum Gasteiger partial charge on any atom is -0.456 e. The average Bonchev–Trinajstić information content (AvgIpc) is 3.37. The molecule has 0 fully saturated rings. The Balaban J connectivity index is 1.40. The number of rotatable bonds is 7. The van der Waals surface area contributed by atoms with Crippen molar-refractivity contribution in [2.75, 3.05) is 0 Å². The second-order valence-electron chi connectivity index (χ2n) is 12.2. The summed E-state index contributed by atoms with van der Waals surface area (Å²) < 4.78 is 6.21. The van der Waals surface area contributed by atoms with Gasteiger partial charge in [0.15, 0.2) is 5.76 Å². The third-order valence-corrected chi connectivity index (χ3v) is 8.27. The van der Waals surface area contributed by atoms with Gasteiger partial charge >= 0.3 is 0 Å². The number of carbonyl (C=O) groups is 1. The molecule has 0 aliphatic heterocycles. The number of carbonyl (C=O) groups excluding carboxylic acids is 1. The normalized spacial score (nSPS) is 15.6. The summed E-state index contributed by atoms with van der Waals surface area (Å²) in [6, 6.07) is 28.8. The Morgan fingerprint density at radius 3 is 1.84 bits per heavy atom. The Morgan fingerprint density at radius 1 is 0.763 bits per heavy atom. The molecule has 5 rings (SSSR count). The van der Waals surface area contributed by atoms with Crippen LogP contribution in [-0.2, 0) is 30.3 Å². The van der Waals surface area contributed by atoms with E-state index in [0.717, 1.165) is 16.9 Å². The molecular weight excluding hydrogens is 466 g/mol. The van der Waals surface area contributed by atoms with Crippen molar-refractivity contribution >= 4 is 5.91 Å². The van der Waals surface area contributed by atoms with E-state index in [2.05, 4.69) is 71.0 Å². The zero-order chi connectivity index (χ0) is 26.9. The van der Waals surface area contributed by atoms with E-state index in [1.807, 2.05) is 53.4 Å². The molecule has 0 saturated heterocycles. The Hall–Kier alpha value is -3.59. The fourth-order valence-electron chi connectivity index (χ4n) is 5.70. The van der Waals surface area contributed by atoms with Gasteiger partial charge in [0.2, 0.25) is 0 Å². The summed E-state index contributed by atoms with van der Waals surface area (Å²) in [5.74, 6) is 1.13. The first-order valence-corrected chi connectivity index (χ1v) is 13.7. The van der Waals surface area contributed by atoms with Gasteiger partial charge in [-0.1, -0.05) is 100 Å². The van der Waals surface area contributed by atoms with Crippen molar-refractivity contribution in [3.8, 4) is 0 Å². The smallest absolute Gasteiger partial charge is 0.290 e. The Bertz CT molecular complexity index is 1370. The highest BCUT2D eigenvalue weighted by molar-refractivity contribution is 5.91. The molecule has 38 heavy (non-hydrogen) atoms. The van der Waals surface area contributed by atoms with Crippen LogP contribution in [0, 0.1) is 6.92 Å². The summed E-state index contributed by atoms with van der Waals surface area (Å²) in [5, 5.41) is 0. The van der Waals surface area contributed by atoms with Gasteiger partial charge in [-0.3, -0.25) is 4.79 Å². The van der Waals surface area contributed by atoms with Crippen LogP contribution in [0.2, 0.25) is 0 Å². The molecule has 0 bridgehead atoms. The van der Waals surface area contributed by atoms with Gasteiger partial charge < -0.3 is 9.32 Å². The standard InChI is InChI=1S/C35H39NO2/c1-25-20-30-31(35(4,5)19-18-34(30,2)3)22-28(25)21-29-16-17-32(38-29)33(37)36(23-26-12-8-6-9-13-26)24-27-14-10-7-11-15-27/h6-17,20,22H,18-19,21,23-24H2,1-5H3. The topological polar surface area (TPSA) is 33.5 Å². The van der Waals surface area contributed by atoms with Gasteiger partial charge in [0.1, 0.15) is 5.76 Å². The molecule has 0 spiro atoms. The maximum atomic E-state index is 13.7. The molecule has 1 aliphatic carbocycles. The number of nitrogens with zero attached hydrogens (tertiary/aromatic N) is 1. The van der Waals surface area contributed by atoms with Gasteiger partial charge in [-0.2, -0.15) is 0 Å². The molecule has 0 radical (unpaired) electrons. The van der Waals surface area contributed by atoms with Crippen molar-refractivity contribution in [2.45, 2.75) is 77.8 Å². The molecule has 1 amide bonds. The molecule has 0 unspecified atom stereocenters. The molecule has 1 aliphatic rings. The summed E-state index contributed by atoms with van der Waals surface area (Å²) in [5.41, 5.74) is 8.03. The lowest BCUT2D eigenvalue weighted by Crippen LogP contribution is -2.34. The second-order valence-corrected chi connectivity index (χ2v) is 12.2. The van der Waals surface area contributed by atoms with Crippen molar-refractivity contribution in [2.24, 2.45) is 0 Å². The summed E-state index contributed by atoms with van der Waals surface area (Å²) in [6.45, 7) is 12.7. The van der Waals surface area contributed by atoms with Gasteiger partial charge in [-0.25, -0.2) is 0 Å². The van der Waals surface area contributed by atoms with Crippen LogP contribution >= 0.6 is 0 Å². The molecule has 4 aromatic rings. The van der Waals surface area contributed by atoms with E-state index in [0.29, 0.717) is 25.3 Å². The highest BCUT2D eigenvalue weighted by Gasteiger charge is 2.37. The molecule has 0 N–H and O–H groups in total. The minimum absolute atomic E-state index is 0.0889. The number of hydrogen-bond donors (Lipinski definition) is 0. The predicted octanol–water partition coefficient (Wildman–Crippen LogP) is 8.37. The monoisotopic (exact) mass is 505 g/mol. The highest BCUT2D eigenvalue weighted by Crippen LogP contribution is 2.46. The molecule has 196 valence electrons. The largest absolute Gasteiger partial charge is 0.456 e. The van der Waals surface area contributed by atoms with E-state index in [4.69, 9.17) is 4.42 Å². The van der Waals surface area contributed by atoms with E-state index in [-0.39, 0.29) is 16.7 Å². The minimum atomic E-state index is -0.0889. The van der Waals surface area contributed by atoms with Crippen LogP contribution in [0.4, 0.5) is 0 Å². The van der Waals surface area contributed by atoms with E-state index in [1.165, 1.54) is 35.1 Å². The number of aryl methyl sites for hydroxylation is 1. The first-order valence-electron chi connectivity index (χ1n) is 13.7. The number of fused-ring (bicyclic) bond motifs is 1. The molecular formula is C35H39NO2. The van der Waals surface area contributed by atoms with E-state index in [1.54, 1.807) is 0 Å². The molecule has 3 heteroatoms. The van der Waals surface area contributed by atoms with Crippen LogP contribution in [0.1, 0.15) is 90.2 Å². The lowest BCUT2D eigenvalue weighted by Gasteiger charge is -2.42. The van der Waals surface area contributed by atoms with Gasteiger partial charge in [0, 0.05) is 19.5 Å². The van der Waals surface area contributed by atoms with Crippen LogP contribution in [0.5, 0.6) is 0 Å². The average molecular weight is 506 g/mol. The molecule has 0 atom stereocenters. The Kier molecular flexibility index (Phi) is 7.05. The van der Waals surface area contributed by atoms with Crippen LogP contribution in [0.25, 0.3) is 0 Å². The van der Waals surface area contributed by atoms with Gasteiger partial charge in [0.05, 0.1) is 0 Å². The SMILES string of the molecule is Cc1cc2c(cc1Cc1ccc(C(=O)N(Cc3ccccc3)Cc3ccccc3)o1)C(C)(C)CCC2(C)C.